The second kappa shape index (κ2) is 8.63. The third-order valence-corrected chi connectivity index (χ3v) is 4.30. The number of carbonyl (C=O) groups is 1. The highest BCUT2D eigenvalue weighted by atomic mass is 16.5. The summed E-state index contributed by atoms with van der Waals surface area (Å²) in [6.07, 6.45) is 4.70. The van der Waals surface area contributed by atoms with Gasteiger partial charge in [0.2, 0.25) is 0 Å². The molecule has 0 radical (unpaired) electrons. The van der Waals surface area contributed by atoms with E-state index in [-0.39, 0.29) is 18.7 Å². The van der Waals surface area contributed by atoms with Crippen LogP contribution in [0.2, 0.25) is 0 Å². The number of methoxy groups -OCH3 is 1. The van der Waals surface area contributed by atoms with E-state index in [0.29, 0.717) is 12.5 Å². The molecule has 0 unspecified atom stereocenters. The third-order valence-electron chi connectivity index (χ3n) is 4.30. The molecular weight excluding hydrogens is 280 g/mol. The van der Waals surface area contributed by atoms with Crippen LogP contribution in [0.3, 0.4) is 0 Å². The minimum absolute atomic E-state index is 0.0963. The Balaban J connectivity index is 1.63. The maximum absolute atomic E-state index is 11.9. The Morgan fingerprint density at radius 2 is 1.91 bits per heavy atom. The maximum atomic E-state index is 11.9. The number of hydrogen-bond donors (Lipinski definition) is 3. The second-order valence-electron chi connectivity index (χ2n) is 5.90. The second-order valence-corrected chi connectivity index (χ2v) is 5.90. The molecule has 0 atom stereocenters. The van der Waals surface area contributed by atoms with Gasteiger partial charge in [-0.3, -0.25) is 0 Å². The molecule has 1 saturated carbocycles. The van der Waals surface area contributed by atoms with Crippen molar-refractivity contribution in [2.24, 2.45) is 5.92 Å². The molecule has 122 valence electrons. The molecule has 0 aromatic heterocycles. The van der Waals surface area contributed by atoms with Crippen molar-refractivity contribution in [1.29, 1.82) is 0 Å². The summed E-state index contributed by atoms with van der Waals surface area (Å²) in [4.78, 5) is 11.9. The molecule has 1 aromatic rings. The molecule has 0 aliphatic heterocycles. The van der Waals surface area contributed by atoms with Gasteiger partial charge in [0.25, 0.3) is 0 Å². The van der Waals surface area contributed by atoms with E-state index in [9.17, 15) is 4.79 Å². The van der Waals surface area contributed by atoms with Crippen LogP contribution in [-0.2, 0) is 6.42 Å². The van der Waals surface area contributed by atoms with Crippen molar-refractivity contribution in [2.45, 2.75) is 38.1 Å². The van der Waals surface area contributed by atoms with E-state index in [1.54, 1.807) is 7.11 Å². The van der Waals surface area contributed by atoms with Gasteiger partial charge in [-0.15, -0.1) is 0 Å². The highest BCUT2D eigenvalue weighted by Gasteiger charge is 2.21. The molecule has 1 fully saturated rings. The molecule has 1 aromatic carbocycles. The average molecular weight is 306 g/mol. The van der Waals surface area contributed by atoms with Gasteiger partial charge in [-0.25, -0.2) is 4.79 Å². The quantitative estimate of drug-likeness (QED) is 0.753. The molecule has 2 rings (SSSR count). The summed E-state index contributed by atoms with van der Waals surface area (Å²) in [7, 11) is 1.65. The van der Waals surface area contributed by atoms with E-state index in [2.05, 4.69) is 10.6 Å². The van der Waals surface area contributed by atoms with Gasteiger partial charge in [0.15, 0.2) is 0 Å². The van der Waals surface area contributed by atoms with Gasteiger partial charge >= 0.3 is 6.03 Å². The molecule has 0 bridgehead atoms. The lowest BCUT2D eigenvalue weighted by atomic mass is 9.87. The fourth-order valence-electron chi connectivity index (χ4n) is 2.84. The molecule has 0 spiro atoms. The summed E-state index contributed by atoms with van der Waals surface area (Å²) >= 11 is 0. The van der Waals surface area contributed by atoms with Gasteiger partial charge in [0.05, 0.1) is 7.11 Å². The number of carbonyl (C=O) groups excluding carboxylic acids is 1. The average Bonchev–Trinajstić information content (AvgIpc) is 2.56. The van der Waals surface area contributed by atoms with Crippen LogP contribution in [0, 0.1) is 5.92 Å². The topological polar surface area (TPSA) is 70.6 Å². The monoisotopic (exact) mass is 306 g/mol. The summed E-state index contributed by atoms with van der Waals surface area (Å²) in [5.41, 5.74) is 1.17. The van der Waals surface area contributed by atoms with Crippen LogP contribution in [0.15, 0.2) is 24.3 Å². The van der Waals surface area contributed by atoms with Crippen LogP contribution in [0.25, 0.3) is 0 Å². The molecule has 0 saturated heterocycles. The van der Waals surface area contributed by atoms with Crippen LogP contribution >= 0.6 is 0 Å². The molecular formula is C17H26N2O3. The number of rotatable bonds is 6. The highest BCUT2D eigenvalue weighted by Crippen LogP contribution is 2.23. The van der Waals surface area contributed by atoms with Crippen LogP contribution < -0.4 is 15.4 Å². The summed E-state index contributed by atoms with van der Waals surface area (Å²) in [5.74, 6) is 1.25. The van der Waals surface area contributed by atoms with E-state index in [4.69, 9.17) is 9.84 Å². The first-order valence-corrected chi connectivity index (χ1v) is 7.99. The van der Waals surface area contributed by atoms with Crippen molar-refractivity contribution in [3.63, 3.8) is 0 Å². The van der Waals surface area contributed by atoms with Gasteiger partial charge in [-0.2, -0.15) is 0 Å². The zero-order valence-corrected chi connectivity index (χ0v) is 13.2. The highest BCUT2D eigenvalue weighted by molar-refractivity contribution is 5.74. The summed E-state index contributed by atoms with van der Waals surface area (Å²) in [5, 5.41) is 15.0. The summed E-state index contributed by atoms with van der Waals surface area (Å²) < 4.78 is 5.12. The molecule has 22 heavy (non-hydrogen) atoms. The van der Waals surface area contributed by atoms with Crippen molar-refractivity contribution in [1.82, 2.24) is 10.6 Å². The summed E-state index contributed by atoms with van der Waals surface area (Å²) in [6, 6.07) is 8.01. The van der Waals surface area contributed by atoms with Gasteiger partial charge in [-0.05, 0) is 55.7 Å². The van der Waals surface area contributed by atoms with E-state index < -0.39 is 0 Å². The standard InChI is InChI=1S/C17H26N2O3/c1-22-16-8-4-13(5-9-16)10-11-18-17(21)19-15-6-2-14(12-20)3-7-15/h4-5,8-9,14-15,20H,2-3,6-7,10-12H2,1H3,(H2,18,19,21). The van der Waals surface area contributed by atoms with E-state index in [1.165, 1.54) is 5.56 Å². The van der Waals surface area contributed by atoms with Crippen molar-refractivity contribution < 1.29 is 14.6 Å². The van der Waals surface area contributed by atoms with Crippen molar-refractivity contribution in [2.75, 3.05) is 20.3 Å². The zero-order valence-electron chi connectivity index (χ0n) is 13.2. The zero-order chi connectivity index (χ0) is 15.8. The van der Waals surface area contributed by atoms with Gasteiger partial charge in [0.1, 0.15) is 5.75 Å². The number of benzene rings is 1. The molecule has 5 nitrogen and oxygen atoms in total. The third kappa shape index (κ3) is 5.22. The normalized spacial score (nSPS) is 21.2. The smallest absolute Gasteiger partial charge is 0.315 e. The number of aliphatic hydroxyl groups excluding tert-OH is 1. The van der Waals surface area contributed by atoms with E-state index in [0.717, 1.165) is 37.9 Å². The minimum atomic E-state index is -0.0963. The largest absolute Gasteiger partial charge is 0.497 e. The molecule has 0 heterocycles. The molecule has 5 heteroatoms. The van der Waals surface area contributed by atoms with Crippen LogP contribution in [0.5, 0.6) is 5.75 Å². The number of aliphatic hydroxyl groups is 1. The van der Waals surface area contributed by atoms with Crippen molar-refractivity contribution in [3.05, 3.63) is 29.8 Å². The van der Waals surface area contributed by atoms with Crippen molar-refractivity contribution in [3.8, 4) is 5.75 Å². The first kappa shape index (κ1) is 16.6. The first-order chi connectivity index (χ1) is 10.7. The predicted octanol–water partition coefficient (Wildman–Crippen LogP) is 2.09. The molecule has 3 N–H and O–H groups in total. The first-order valence-electron chi connectivity index (χ1n) is 7.99. The Labute approximate surface area is 132 Å². The van der Waals surface area contributed by atoms with E-state index in [1.807, 2.05) is 24.3 Å². The Kier molecular flexibility index (Phi) is 6.52. The number of urea groups is 1. The Morgan fingerprint density at radius 1 is 1.23 bits per heavy atom. The molecule has 1 aliphatic carbocycles. The predicted molar refractivity (Wildman–Crippen MR) is 86.1 cm³/mol. The van der Waals surface area contributed by atoms with Gasteiger partial charge < -0.3 is 20.5 Å². The lowest BCUT2D eigenvalue weighted by Gasteiger charge is -2.27. The lowest BCUT2D eigenvalue weighted by Crippen LogP contribution is -2.44. The van der Waals surface area contributed by atoms with Crippen LogP contribution in [0.4, 0.5) is 4.79 Å². The SMILES string of the molecule is COc1ccc(CCNC(=O)NC2CCC(CO)CC2)cc1. The van der Waals surface area contributed by atoms with Gasteiger partial charge in [0, 0.05) is 19.2 Å². The number of amides is 2. The van der Waals surface area contributed by atoms with E-state index >= 15 is 0 Å². The van der Waals surface area contributed by atoms with Crippen molar-refractivity contribution >= 4 is 6.03 Å². The maximum Gasteiger partial charge on any atom is 0.315 e. The fourth-order valence-corrected chi connectivity index (χ4v) is 2.84. The number of nitrogens with one attached hydrogen (secondary N) is 2. The molecule has 1 aliphatic rings. The summed E-state index contributed by atoms with van der Waals surface area (Å²) in [6.45, 7) is 0.880. The Bertz CT molecular complexity index is 453. The minimum Gasteiger partial charge on any atom is -0.497 e. The molecule has 2 amide bonds. The number of hydrogen-bond acceptors (Lipinski definition) is 3. The Morgan fingerprint density at radius 3 is 2.50 bits per heavy atom. The fraction of sp³-hybridized carbons (Fsp3) is 0.588. The van der Waals surface area contributed by atoms with Crippen LogP contribution in [0.1, 0.15) is 31.2 Å². The van der Waals surface area contributed by atoms with Crippen LogP contribution in [-0.4, -0.2) is 37.4 Å². The number of ether oxygens (including phenoxy) is 1. The lowest BCUT2D eigenvalue weighted by molar-refractivity contribution is 0.174. The van der Waals surface area contributed by atoms with Gasteiger partial charge in [-0.1, -0.05) is 12.1 Å². The Hall–Kier alpha value is -1.75.